The summed E-state index contributed by atoms with van der Waals surface area (Å²) in [6, 6.07) is 15.9. The molecule has 0 heterocycles. The fourth-order valence-electron chi connectivity index (χ4n) is 2.94. The number of hydrogen-bond donors (Lipinski definition) is 0. The summed E-state index contributed by atoms with van der Waals surface area (Å²) >= 11 is 0. The van der Waals surface area contributed by atoms with E-state index in [-0.39, 0.29) is 0 Å². The first-order valence-electron chi connectivity index (χ1n) is 7.35. The zero-order chi connectivity index (χ0) is 14.3. The standard InChI is InChI=1S/C19H22Si/c1-14-12-16-6-5-7-18(19(16)13-14)15-8-10-17(11-9-15)20(2,3)4/h5-11,13H,12H2,1-4H3. The largest absolute Gasteiger partial charge is 0.0775 e. The van der Waals surface area contributed by atoms with Crippen LogP contribution in [0.5, 0.6) is 0 Å². The van der Waals surface area contributed by atoms with Crippen LogP contribution in [0.1, 0.15) is 18.1 Å². The second-order valence-corrected chi connectivity index (χ2v) is 12.0. The van der Waals surface area contributed by atoms with E-state index in [4.69, 9.17) is 0 Å². The lowest BCUT2D eigenvalue weighted by molar-refractivity contribution is 1.20. The maximum atomic E-state index is 2.40. The quantitative estimate of drug-likeness (QED) is 0.688. The van der Waals surface area contributed by atoms with Gasteiger partial charge < -0.3 is 0 Å². The molecule has 1 aliphatic rings. The molecule has 0 radical (unpaired) electrons. The molecule has 0 fully saturated rings. The van der Waals surface area contributed by atoms with Gasteiger partial charge in [-0.15, -0.1) is 0 Å². The molecule has 0 spiro atoms. The van der Waals surface area contributed by atoms with Gasteiger partial charge in [0.15, 0.2) is 0 Å². The molecule has 2 aromatic carbocycles. The Morgan fingerprint density at radius 2 is 1.60 bits per heavy atom. The third-order valence-corrected chi connectivity index (χ3v) is 6.18. The summed E-state index contributed by atoms with van der Waals surface area (Å²) in [5.74, 6) is 0. The van der Waals surface area contributed by atoms with Crippen LogP contribution in [0.15, 0.2) is 48.0 Å². The molecule has 102 valence electrons. The van der Waals surface area contributed by atoms with E-state index < -0.39 is 8.07 Å². The second kappa shape index (κ2) is 4.74. The van der Waals surface area contributed by atoms with Gasteiger partial charge in [-0.05, 0) is 35.6 Å². The summed E-state index contributed by atoms with van der Waals surface area (Å²) in [5.41, 5.74) is 7.07. The minimum atomic E-state index is -1.20. The highest BCUT2D eigenvalue weighted by Gasteiger charge is 2.17. The molecule has 0 aliphatic heterocycles. The molecule has 0 unspecified atom stereocenters. The van der Waals surface area contributed by atoms with Crippen molar-refractivity contribution in [3.05, 3.63) is 59.2 Å². The van der Waals surface area contributed by atoms with Gasteiger partial charge in [0.1, 0.15) is 0 Å². The first-order chi connectivity index (χ1) is 9.45. The topological polar surface area (TPSA) is 0 Å². The Bertz CT molecular complexity index is 670. The molecular weight excluding hydrogens is 256 g/mol. The van der Waals surface area contributed by atoms with Crippen LogP contribution in [0, 0.1) is 0 Å². The monoisotopic (exact) mass is 278 g/mol. The van der Waals surface area contributed by atoms with E-state index in [9.17, 15) is 0 Å². The Labute approximate surface area is 123 Å². The Morgan fingerprint density at radius 1 is 0.900 bits per heavy atom. The molecule has 0 aromatic heterocycles. The van der Waals surface area contributed by atoms with Crippen LogP contribution < -0.4 is 5.19 Å². The minimum absolute atomic E-state index is 1.11. The molecule has 1 heteroatoms. The zero-order valence-electron chi connectivity index (χ0n) is 12.8. The zero-order valence-corrected chi connectivity index (χ0v) is 13.8. The summed E-state index contributed by atoms with van der Waals surface area (Å²) in [4.78, 5) is 0. The van der Waals surface area contributed by atoms with E-state index in [2.05, 4.69) is 75.1 Å². The lowest BCUT2D eigenvalue weighted by atomic mass is 9.97. The van der Waals surface area contributed by atoms with Crippen LogP contribution in [0.4, 0.5) is 0 Å². The Kier molecular flexibility index (Phi) is 3.18. The van der Waals surface area contributed by atoms with Crippen LogP contribution in [0.3, 0.4) is 0 Å². The fourth-order valence-corrected chi connectivity index (χ4v) is 4.10. The molecule has 0 nitrogen and oxygen atoms in total. The Hall–Kier alpha value is -1.60. The average Bonchev–Trinajstić information content (AvgIpc) is 2.78. The maximum Gasteiger partial charge on any atom is 0.0775 e. The van der Waals surface area contributed by atoms with Crippen molar-refractivity contribution in [3.63, 3.8) is 0 Å². The SMILES string of the molecule is CC1=Cc2c(cccc2-c2ccc([Si](C)(C)C)cc2)C1. The highest BCUT2D eigenvalue weighted by molar-refractivity contribution is 6.88. The van der Waals surface area contributed by atoms with E-state index in [1.165, 1.54) is 33.0 Å². The Morgan fingerprint density at radius 3 is 2.25 bits per heavy atom. The van der Waals surface area contributed by atoms with Gasteiger partial charge in [-0.3, -0.25) is 0 Å². The lowest BCUT2D eigenvalue weighted by Gasteiger charge is -2.17. The van der Waals surface area contributed by atoms with Gasteiger partial charge in [0.05, 0.1) is 8.07 Å². The summed E-state index contributed by atoms with van der Waals surface area (Å²) in [7, 11) is -1.20. The molecule has 20 heavy (non-hydrogen) atoms. The van der Waals surface area contributed by atoms with E-state index >= 15 is 0 Å². The van der Waals surface area contributed by atoms with Crippen LogP contribution in [-0.4, -0.2) is 8.07 Å². The van der Waals surface area contributed by atoms with Crippen molar-refractivity contribution < 1.29 is 0 Å². The van der Waals surface area contributed by atoms with E-state index in [0.29, 0.717) is 0 Å². The molecule has 0 N–H and O–H groups in total. The van der Waals surface area contributed by atoms with Crippen molar-refractivity contribution >= 4 is 19.3 Å². The summed E-state index contributed by atoms with van der Waals surface area (Å²) in [5, 5.41) is 1.53. The molecule has 0 saturated heterocycles. The number of hydrogen-bond acceptors (Lipinski definition) is 0. The third-order valence-electron chi connectivity index (χ3n) is 4.12. The van der Waals surface area contributed by atoms with Crippen molar-refractivity contribution in [2.75, 3.05) is 0 Å². The van der Waals surface area contributed by atoms with E-state index in [1.54, 1.807) is 0 Å². The summed E-state index contributed by atoms with van der Waals surface area (Å²) in [6.07, 6.45) is 3.45. The van der Waals surface area contributed by atoms with Gasteiger partial charge in [0, 0.05) is 0 Å². The van der Waals surface area contributed by atoms with Gasteiger partial charge in [-0.1, -0.05) is 78.9 Å². The predicted molar refractivity (Wildman–Crippen MR) is 92.2 cm³/mol. The van der Waals surface area contributed by atoms with Crippen LogP contribution >= 0.6 is 0 Å². The molecule has 3 rings (SSSR count). The number of rotatable bonds is 2. The number of benzene rings is 2. The normalized spacial score (nSPS) is 14.1. The first-order valence-corrected chi connectivity index (χ1v) is 10.8. The van der Waals surface area contributed by atoms with Gasteiger partial charge in [-0.2, -0.15) is 0 Å². The van der Waals surface area contributed by atoms with Gasteiger partial charge >= 0.3 is 0 Å². The van der Waals surface area contributed by atoms with Crippen molar-refractivity contribution in [1.29, 1.82) is 0 Å². The van der Waals surface area contributed by atoms with Gasteiger partial charge in [0.2, 0.25) is 0 Å². The van der Waals surface area contributed by atoms with E-state index in [0.717, 1.165) is 6.42 Å². The van der Waals surface area contributed by atoms with Crippen LogP contribution in [0.2, 0.25) is 19.6 Å². The molecule has 0 saturated carbocycles. The molecule has 0 atom stereocenters. The summed E-state index contributed by atoms with van der Waals surface area (Å²) in [6.45, 7) is 9.41. The van der Waals surface area contributed by atoms with E-state index in [1.807, 2.05) is 0 Å². The highest BCUT2D eigenvalue weighted by atomic mass is 28.3. The Balaban J connectivity index is 2.05. The van der Waals surface area contributed by atoms with Crippen molar-refractivity contribution in [2.45, 2.75) is 33.0 Å². The van der Waals surface area contributed by atoms with Crippen molar-refractivity contribution in [3.8, 4) is 11.1 Å². The van der Waals surface area contributed by atoms with Crippen LogP contribution in [0.25, 0.3) is 17.2 Å². The number of allylic oxidation sites excluding steroid dienone is 1. The minimum Gasteiger partial charge on any atom is -0.0683 e. The first kappa shape index (κ1) is 13.4. The summed E-state index contributed by atoms with van der Waals surface area (Å²) < 4.78 is 0. The van der Waals surface area contributed by atoms with Crippen LogP contribution in [-0.2, 0) is 6.42 Å². The molecular formula is C19H22Si. The van der Waals surface area contributed by atoms with Gasteiger partial charge in [-0.25, -0.2) is 0 Å². The smallest absolute Gasteiger partial charge is 0.0683 e. The van der Waals surface area contributed by atoms with Crippen molar-refractivity contribution in [1.82, 2.24) is 0 Å². The molecule has 1 aliphatic carbocycles. The van der Waals surface area contributed by atoms with Crippen molar-refractivity contribution in [2.24, 2.45) is 0 Å². The molecule has 0 bridgehead atoms. The average molecular weight is 278 g/mol. The fraction of sp³-hybridized carbons (Fsp3) is 0.263. The molecule has 2 aromatic rings. The van der Waals surface area contributed by atoms with Gasteiger partial charge in [0.25, 0.3) is 0 Å². The number of fused-ring (bicyclic) bond motifs is 1. The highest BCUT2D eigenvalue weighted by Crippen LogP contribution is 2.33. The third kappa shape index (κ3) is 2.38. The maximum absolute atomic E-state index is 2.40. The predicted octanol–water partition coefficient (Wildman–Crippen LogP) is 4.86. The second-order valence-electron chi connectivity index (χ2n) is 6.87. The molecule has 0 amide bonds. The lowest BCUT2D eigenvalue weighted by Crippen LogP contribution is -2.37.